The summed E-state index contributed by atoms with van der Waals surface area (Å²) in [7, 11) is 0. The minimum Gasteiger partial charge on any atom is -0.402 e. The van der Waals surface area contributed by atoms with Crippen LogP contribution in [-0.2, 0) is 0 Å². The summed E-state index contributed by atoms with van der Waals surface area (Å²) >= 11 is 0. The topological polar surface area (TPSA) is 70.4 Å². The summed E-state index contributed by atoms with van der Waals surface area (Å²) in [6.45, 7) is 0. The number of fused-ring (bicyclic) bond motifs is 1. The molecule has 0 atom stereocenters. The molecule has 6 nitrogen and oxygen atoms in total. The molecular weight excluding hydrogens is 434 g/mol. The van der Waals surface area contributed by atoms with Crippen molar-refractivity contribution >= 4 is 22.9 Å². The summed E-state index contributed by atoms with van der Waals surface area (Å²) in [5.74, 6) is -3.16. The number of ether oxygens (including phenoxy) is 2. The Labute approximate surface area is 168 Å². The first-order chi connectivity index (χ1) is 14.4. The zero-order valence-corrected chi connectivity index (χ0v) is 15.1. The third kappa shape index (κ3) is 5.62. The fourth-order valence-corrected chi connectivity index (χ4v) is 2.57. The second-order valence-corrected chi connectivity index (χ2v) is 5.91. The number of nitrogens with zero attached hydrogens (tertiary/aromatic N) is 2. The molecule has 0 aliphatic carbocycles. The Balaban J connectivity index is 1.93. The number of aromatic nitrogens is 2. The SMILES string of the molecule is O=C(/C=C/c1ccc(OC(F)(F)F)c(OC(F)(F)F)c1)n1cnc(=O)c2ccccc21. The van der Waals surface area contributed by atoms with Gasteiger partial charge >= 0.3 is 12.7 Å². The van der Waals surface area contributed by atoms with Crippen LogP contribution in [0.15, 0.2) is 59.7 Å². The molecule has 0 radical (unpaired) electrons. The van der Waals surface area contributed by atoms with Crippen LogP contribution in [-0.4, -0.2) is 28.2 Å². The fourth-order valence-electron chi connectivity index (χ4n) is 2.57. The van der Waals surface area contributed by atoms with E-state index < -0.39 is 35.7 Å². The van der Waals surface area contributed by atoms with Gasteiger partial charge in [-0.3, -0.25) is 14.2 Å². The first kappa shape index (κ1) is 21.9. The van der Waals surface area contributed by atoms with Crippen LogP contribution >= 0.6 is 0 Å². The number of halogens is 6. The van der Waals surface area contributed by atoms with Gasteiger partial charge in [-0.15, -0.1) is 26.3 Å². The molecule has 0 N–H and O–H groups in total. The van der Waals surface area contributed by atoms with Gasteiger partial charge < -0.3 is 9.47 Å². The van der Waals surface area contributed by atoms with Gasteiger partial charge in [0.1, 0.15) is 6.33 Å². The van der Waals surface area contributed by atoms with E-state index in [0.29, 0.717) is 12.1 Å². The van der Waals surface area contributed by atoms with Crippen LogP contribution in [0.4, 0.5) is 26.3 Å². The monoisotopic (exact) mass is 444 g/mol. The highest BCUT2D eigenvalue weighted by molar-refractivity contribution is 5.99. The van der Waals surface area contributed by atoms with Gasteiger partial charge in [-0.2, -0.15) is 4.98 Å². The Morgan fingerprint density at radius 2 is 1.58 bits per heavy atom. The van der Waals surface area contributed by atoms with Crippen molar-refractivity contribution in [2.45, 2.75) is 12.7 Å². The summed E-state index contributed by atoms with van der Waals surface area (Å²) in [5, 5.41) is 0.168. The number of carbonyl (C=O) groups excluding carboxylic acids is 1. The highest BCUT2D eigenvalue weighted by atomic mass is 19.4. The van der Waals surface area contributed by atoms with Gasteiger partial charge in [-0.25, -0.2) is 0 Å². The minimum absolute atomic E-state index is 0.0829. The number of para-hydroxylation sites is 1. The Kier molecular flexibility index (Phi) is 5.73. The summed E-state index contributed by atoms with van der Waals surface area (Å²) in [6, 6.07) is 8.34. The number of alkyl halides is 6. The van der Waals surface area contributed by atoms with Gasteiger partial charge in [-0.1, -0.05) is 18.2 Å². The van der Waals surface area contributed by atoms with E-state index in [1.165, 1.54) is 12.1 Å². The molecule has 162 valence electrons. The van der Waals surface area contributed by atoms with Crippen molar-refractivity contribution < 1.29 is 40.6 Å². The van der Waals surface area contributed by atoms with Gasteiger partial charge in [0.15, 0.2) is 11.5 Å². The lowest BCUT2D eigenvalue weighted by Gasteiger charge is -2.15. The highest BCUT2D eigenvalue weighted by Crippen LogP contribution is 2.36. The van der Waals surface area contributed by atoms with E-state index in [4.69, 9.17) is 0 Å². The van der Waals surface area contributed by atoms with Crippen molar-refractivity contribution in [3.05, 3.63) is 70.8 Å². The summed E-state index contributed by atoms with van der Waals surface area (Å²) in [5.41, 5.74) is -0.398. The molecule has 2 aromatic carbocycles. The number of rotatable bonds is 4. The second-order valence-electron chi connectivity index (χ2n) is 5.91. The highest BCUT2D eigenvalue weighted by Gasteiger charge is 2.36. The predicted molar refractivity (Wildman–Crippen MR) is 95.5 cm³/mol. The molecule has 0 aliphatic heterocycles. The molecular formula is C19H10F6N2O4. The Morgan fingerprint density at radius 3 is 2.26 bits per heavy atom. The van der Waals surface area contributed by atoms with Crippen molar-refractivity contribution in [1.82, 2.24) is 9.55 Å². The summed E-state index contributed by atoms with van der Waals surface area (Å²) in [4.78, 5) is 27.8. The van der Waals surface area contributed by atoms with Crippen LogP contribution in [0.25, 0.3) is 17.0 Å². The third-order valence-corrected chi connectivity index (χ3v) is 3.76. The molecule has 0 saturated carbocycles. The lowest BCUT2D eigenvalue weighted by Crippen LogP contribution is -2.21. The predicted octanol–water partition coefficient (Wildman–Crippen LogP) is 4.55. The Bertz CT molecular complexity index is 1210. The first-order valence-electron chi connectivity index (χ1n) is 8.27. The zero-order chi connectivity index (χ0) is 22.8. The van der Waals surface area contributed by atoms with E-state index in [9.17, 15) is 35.9 Å². The zero-order valence-electron chi connectivity index (χ0n) is 15.1. The summed E-state index contributed by atoms with van der Waals surface area (Å²) in [6.07, 6.45) is -7.54. The normalized spacial score (nSPS) is 12.3. The van der Waals surface area contributed by atoms with Crippen molar-refractivity contribution in [2.24, 2.45) is 0 Å². The van der Waals surface area contributed by atoms with Gasteiger partial charge in [0, 0.05) is 6.08 Å². The molecule has 12 heteroatoms. The molecule has 0 amide bonds. The molecule has 0 spiro atoms. The molecule has 31 heavy (non-hydrogen) atoms. The second kappa shape index (κ2) is 8.13. The maximum atomic E-state index is 12.5. The van der Waals surface area contributed by atoms with Crippen LogP contribution in [0.3, 0.4) is 0 Å². The molecule has 1 aromatic heterocycles. The molecule has 0 fully saturated rings. The average molecular weight is 444 g/mol. The van der Waals surface area contributed by atoms with E-state index in [-0.39, 0.29) is 16.5 Å². The quantitative estimate of drug-likeness (QED) is 0.436. The van der Waals surface area contributed by atoms with Gasteiger partial charge in [0.25, 0.3) is 11.5 Å². The van der Waals surface area contributed by atoms with E-state index in [1.54, 1.807) is 12.1 Å². The van der Waals surface area contributed by atoms with E-state index in [1.807, 2.05) is 0 Å². The number of hydrogen-bond donors (Lipinski definition) is 0. The van der Waals surface area contributed by atoms with Crippen LogP contribution in [0.1, 0.15) is 10.4 Å². The van der Waals surface area contributed by atoms with Gasteiger partial charge in [0.05, 0.1) is 10.9 Å². The molecule has 3 rings (SSSR count). The average Bonchev–Trinajstić information content (AvgIpc) is 2.66. The number of benzene rings is 2. The molecule has 0 unspecified atom stereocenters. The lowest BCUT2D eigenvalue weighted by molar-refractivity contribution is -0.287. The lowest BCUT2D eigenvalue weighted by atomic mass is 10.2. The molecule has 3 aromatic rings. The van der Waals surface area contributed by atoms with Gasteiger partial charge in [-0.05, 0) is 35.9 Å². The molecule has 0 aliphatic rings. The van der Waals surface area contributed by atoms with Crippen LogP contribution in [0, 0.1) is 0 Å². The molecule has 1 heterocycles. The molecule has 0 saturated heterocycles. The van der Waals surface area contributed by atoms with E-state index in [0.717, 1.165) is 29.1 Å². The molecule has 0 bridgehead atoms. The van der Waals surface area contributed by atoms with Crippen molar-refractivity contribution in [1.29, 1.82) is 0 Å². The first-order valence-corrected chi connectivity index (χ1v) is 8.27. The van der Waals surface area contributed by atoms with Crippen LogP contribution in [0.5, 0.6) is 11.5 Å². The maximum absolute atomic E-state index is 12.5. The standard InChI is InChI=1S/C19H10F6N2O4/c20-18(21,22)30-14-7-5-11(9-15(14)31-19(23,24)25)6-8-16(28)27-10-26-17(29)12-3-1-2-4-13(12)27/h1-10H/b8-6+. The number of allylic oxidation sites excluding steroid dienone is 1. The van der Waals surface area contributed by atoms with Gasteiger partial charge in [0.2, 0.25) is 0 Å². The van der Waals surface area contributed by atoms with E-state index >= 15 is 0 Å². The van der Waals surface area contributed by atoms with Crippen LogP contribution in [0.2, 0.25) is 0 Å². The largest absolute Gasteiger partial charge is 0.573 e. The van der Waals surface area contributed by atoms with Crippen molar-refractivity contribution in [2.75, 3.05) is 0 Å². The van der Waals surface area contributed by atoms with Crippen molar-refractivity contribution in [3.63, 3.8) is 0 Å². The number of hydrogen-bond acceptors (Lipinski definition) is 5. The maximum Gasteiger partial charge on any atom is 0.573 e. The van der Waals surface area contributed by atoms with E-state index in [2.05, 4.69) is 14.5 Å². The Morgan fingerprint density at radius 1 is 0.935 bits per heavy atom. The third-order valence-electron chi connectivity index (χ3n) is 3.76. The Hall–Kier alpha value is -3.83. The summed E-state index contributed by atoms with van der Waals surface area (Å²) < 4.78 is 83.0. The van der Waals surface area contributed by atoms with Crippen LogP contribution < -0.4 is 15.0 Å². The number of carbonyl (C=O) groups is 1. The minimum atomic E-state index is -5.28. The smallest absolute Gasteiger partial charge is 0.402 e. The van der Waals surface area contributed by atoms with Crippen molar-refractivity contribution in [3.8, 4) is 11.5 Å². The fraction of sp³-hybridized carbons (Fsp3) is 0.105.